The molecule has 0 saturated heterocycles. The Balaban J connectivity index is 0. The molecule has 6 heteroatoms. The fraction of sp³-hybridized carbons (Fsp3) is 0. The molecule has 0 N–H and O–H groups in total. The van der Waals surface area contributed by atoms with Gasteiger partial charge in [-0.2, -0.15) is 0 Å². The molecule has 0 aromatic heterocycles. The van der Waals surface area contributed by atoms with Crippen LogP contribution in [0.15, 0.2) is 0 Å². The van der Waals surface area contributed by atoms with Gasteiger partial charge in [0.15, 0.2) is 0 Å². The second-order valence-electron chi connectivity index (χ2n) is 0. The van der Waals surface area contributed by atoms with Crippen molar-refractivity contribution in [3.05, 3.63) is 0 Å². The second-order valence-corrected chi connectivity index (χ2v) is 0. The van der Waals surface area contributed by atoms with Gasteiger partial charge in [0.25, 0.3) is 0 Å². The third-order valence-electron chi connectivity index (χ3n) is 0. The predicted molar refractivity (Wildman–Crippen MR) is 0 cm³/mol. The van der Waals surface area contributed by atoms with Gasteiger partial charge in [-0.05, 0) is 0 Å². The van der Waals surface area contributed by atoms with Gasteiger partial charge in [-0.15, -0.1) is 0 Å². The van der Waals surface area contributed by atoms with E-state index < -0.39 is 0 Å². The molecule has 6 heavy (non-hydrogen) atoms. The maximum Gasteiger partial charge on any atom is 0 e. The molecule has 0 aliphatic carbocycles. The molecule has 0 heterocycles. The Hall–Kier alpha value is 4.53. The van der Waals surface area contributed by atoms with Gasteiger partial charge < -0.3 is 0 Å². The predicted octanol–water partition coefficient (Wildman–Crippen LogP) is -0.0125. The fourth-order valence-corrected chi connectivity index (χ4v) is 0. The summed E-state index contributed by atoms with van der Waals surface area (Å²) in [5, 5.41) is 0. The van der Waals surface area contributed by atoms with Crippen molar-refractivity contribution in [3.63, 3.8) is 0 Å². The van der Waals surface area contributed by atoms with Crippen molar-refractivity contribution in [3.8, 4) is 0 Å². The Bertz CT molecular complexity index is 15.5. The Morgan fingerprint density at radius 1 is 1.00 bits per heavy atom. The summed E-state index contributed by atoms with van der Waals surface area (Å²) >= 11 is 0. The zero-order valence-corrected chi connectivity index (χ0v) is 12.9. The van der Waals surface area contributed by atoms with E-state index in [4.69, 9.17) is 0 Å². The van der Waals surface area contributed by atoms with Crippen molar-refractivity contribution in [2.75, 3.05) is 0 Å². The van der Waals surface area contributed by atoms with E-state index in [1.807, 2.05) is 0 Å². The smallest absolute Gasteiger partial charge is 0 e. The summed E-state index contributed by atoms with van der Waals surface area (Å²) in [4.78, 5) is 0. The van der Waals surface area contributed by atoms with E-state index >= 15 is 0 Å². The van der Waals surface area contributed by atoms with Gasteiger partial charge in [0.05, 0.1) is 0 Å². The first-order valence-electron chi connectivity index (χ1n) is 0. The molecular formula is CeCuFeMnTiZr. The topological polar surface area (TPSA) is 0 Å². The van der Waals surface area contributed by atoms with E-state index in [9.17, 15) is 0 Å². The van der Waals surface area contributed by atoms with Crippen LogP contribution in [-0.2, 0) is 99.1 Å². The maximum atomic E-state index is 0. The van der Waals surface area contributed by atoms with Crippen LogP contribution >= 0.6 is 0 Å². The Morgan fingerprint density at radius 2 is 1.00 bits per heavy atom. The Morgan fingerprint density at radius 3 is 1.00 bits per heavy atom. The summed E-state index contributed by atoms with van der Waals surface area (Å²) in [6.07, 6.45) is 0. The average Bonchev–Trinajstić information content (AvgIpc) is 0. The van der Waals surface area contributed by atoms with Crippen LogP contribution in [0.25, 0.3) is 0 Å². The second kappa shape index (κ2) is 33.8. The fourth-order valence-electron chi connectivity index (χ4n) is 0. The van der Waals surface area contributed by atoms with Crippen LogP contribution in [-0.4, -0.2) is 0 Å². The van der Waals surface area contributed by atoms with Gasteiger partial charge in [0.1, 0.15) is 0 Å². The van der Waals surface area contributed by atoms with Crippen molar-refractivity contribution in [1.29, 1.82) is 0 Å². The van der Waals surface area contributed by atoms with Crippen LogP contribution in [0.2, 0.25) is 0 Å². The third kappa shape index (κ3) is 23.6. The van der Waals surface area contributed by atoms with E-state index in [2.05, 4.69) is 0 Å². The third-order valence-corrected chi connectivity index (χ3v) is 0. The molecule has 0 bridgehead atoms. The number of hydrogen-bond acceptors (Lipinski definition) is 0. The van der Waals surface area contributed by atoms with Crippen molar-refractivity contribution < 1.29 is 141 Å². The molecule has 0 fully saturated rings. The first-order valence-corrected chi connectivity index (χ1v) is 0. The van der Waals surface area contributed by atoms with Crippen LogP contribution in [0.1, 0.15) is 0 Å². The Labute approximate surface area is 137 Å². The molecule has 0 amide bonds. The summed E-state index contributed by atoms with van der Waals surface area (Å²) < 4.78 is 0. The quantitative estimate of drug-likeness (QED) is 0.453. The molecule has 2 radical (unpaired) electrons. The summed E-state index contributed by atoms with van der Waals surface area (Å²) in [5.74, 6) is 0. The van der Waals surface area contributed by atoms with E-state index in [0.717, 1.165) is 0 Å². The van der Waals surface area contributed by atoms with E-state index in [0.29, 0.717) is 0 Å². The van der Waals surface area contributed by atoms with Gasteiger partial charge in [0.2, 0.25) is 0 Å². The molecule has 0 saturated carbocycles. The van der Waals surface area contributed by atoms with Crippen molar-refractivity contribution in [2.45, 2.75) is 0 Å². The molecule has 0 aliphatic rings. The minimum atomic E-state index is 0. The van der Waals surface area contributed by atoms with Crippen LogP contribution in [0.4, 0.5) is 0 Å². The average molecular weight is 454 g/mol. The summed E-state index contributed by atoms with van der Waals surface area (Å²) in [6.45, 7) is 0. The molecule has 0 nitrogen and oxygen atoms in total. The molecular weight excluding hydrogens is 454 g/mol. The minimum Gasteiger partial charge on any atom is 0 e. The summed E-state index contributed by atoms with van der Waals surface area (Å²) in [6, 6.07) is 0. The Kier molecular flexibility index (Phi) is 262. The van der Waals surface area contributed by atoms with E-state index in [1.165, 1.54) is 0 Å². The molecule has 0 aromatic rings. The van der Waals surface area contributed by atoms with Crippen LogP contribution in [0.3, 0.4) is 0 Å². The van der Waals surface area contributed by atoms with Gasteiger partial charge in [-0.3, -0.25) is 0 Å². The largest absolute Gasteiger partial charge is 0 e. The van der Waals surface area contributed by atoms with Crippen molar-refractivity contribution >= 4 is 0 Å². The van der Waals surface area contributed by atoms with Gasteiger partial charge >= 0.3 is 0 Å². The summed E-state index contributed by atoms with van der Waals surface area (Å²) in [7, 11) is 0. The zero-order valence-electron chi connectivity index (χ0n) is 2.53. The molecule has 0 unspecified atom stereocenters. The molecule has 0 spiro atoms. The first-order chi connectivity index (χ1) is 0. The molecule has 0 aliphatic heterocycles. The minimum absolute atomic E-state index is 0. The van der Waals surface area contributed by atoms with E-state index in [1.54, 1.807) is 0 Å². The number of hydrogen-bond donors (Lipinski definition) is 0. The standard InChI is InChI=1S/Ce.Cu.Fe.Mn.Ti.Zr. The van der Waals surface area contributed by atoms with E-state index in [-0.39, 0.29) is 141 Å². The van der Waals surface area contributed by atoms with Gasteiger partial charge in [-0.25, -0.2) is 0 Å². The maximum absolute atomic E-state index is 0. The van der Waals surface area contributed by atoms with Gasteiger partial charge in [-0.1, -0.05) is 0 Å². The van der Waals surface area contributed by atoms with Crippen LogP contribution in [0.5, 0.6) is 0 Å². The zero-order chi connectivity index (χ0) is 0. The molecule has 0 rings (SSSR count). The molecule has 38 valence electrons. The van der Waals surface area contributed by atoms with Crippen molar-refractivity contribution in [2.24, 2.45) is 0 Å². The van der Waals surface area contributed by atoms with Crippen LogP contribution in [0, 0.1) is 41.7 Å². The monoisotopic (exact) mass is 452 g/mol. The SMILES string of the molecule is [Ce].[Cu].[Fe].[Mn].[Ti].[Zr]. The molecule has 0 atom stereocenters. The van der Waals surface area contributed by atoms with Crippen molar-refractivity contribution in [1.82, 2.24) is 0 Å². The van der Waals surface area contributed by atoms with Crippen LogP contribution < -0.4 is 0 Å². The summed E-state index contributed by atoms with van der Waals surface area (Å²) in [5.41, 5.74) is 0. The molecule has 0 aromatic carbocycles. The normalized spacial score (nSPS) is 0. The van der Waals surface area contributed by atoms with Gasteiger partial charge in [0, 0.05) is 141 Å². The first kappa shape index (κ1) is 46.6. The number of rotatable bonds is 0.